The van der Waals surface area contributed by atoms with Gasteiger partial charge in [-0.15, -0.1) is 0 Å². The second kappa shape index (κ2) is 14.7. The first kappa shape index (κ1) is 31.6. The Labute approximate surface area is 255 Å². The number of anilines is 1. The molecule has 2 aromatic rings. The zero-order valence-electron chi connectivity index (χ0n) is 25.6. The van der Waals surface area contributed by atoms with E-state index in [9.17, 15) is 14.7 Å². The van der Waals surface area contributed by atoms with Crippen LogP contribution in [0.5, 0.6) is 0 Å². The minimum atomic E-state index is -0.484. The molecule has 1 saturated heterocycles. The van der Waals surface area contributed by atoms with Gasteiger partial charge >= 0.3 is 0 Å². The van der Waals surface area contributed by atoms with Crippen molar-refractivity contribution < 1.29 is 14.7 Å². The molecule has 1 aliphatic heterocycles. The van der Waals surface area contributed by atoms with Crippen molar-refractivity contribution in [3.63, 3.8) is 0 Å². The number of hydrogen-bond acceptors (Lipinski definition) is 5. The highest BCUT2D eigenvalue weighted by Gasteiger charge is 2.31. The molecule has 7 heteroatoms. The molecule has 4 N–H and O–H groups in total. The van der Waals surface area contributed by atoms with Gasteiger partial charge in [0.25, 0.3) is 11.8 Å². The molecule has 4 rings (SSSR count). The summed E-state index contributed by atoms with van der Waals surface area (Å²) in [4.78, 5) is 27.9. The fourth-order valence-electron chi connectivity index (χ4n) is 5.36. The highest BCUT2D eigenvalue weighted by atomic mass is 16.3. The lowest BCUT2D eigenvalue weighted by Crippen LogP contribution is -2.34. The summed E-state index contributed by atoms with van der Waals surface area (Å²) in [5.74, 6) is 4.68. The number of allylic oxidation sites excluding steroid dienone is 4. The summed E-state index contributed by atoms with van der Waals surface area (Å²) in [6.07, 6.45) is 8.95. The Morgan fingerprint density at radius 1 is 1.12 bits per heavy atom. The lowest BCUT2D eigenvalue weighted by molar-refractivity contribution is -0.117. The lowest BCUT2D eigenvalue weighted by atomic mass is 9.91. The SMILES string of the molecule is C=C1/C(=C(/Nc2ccc(CN(C)C)cc2)c2cccc3c2CCCCC3)C(=O)N/C1=C/C(C#CC(=O)N[C@H](C)CO)=C\C. The molecule has 2 amide bonds. The summed E-state index contributed by atoms with van der Waals surface area (Å²) >= 11 is 0. The van der Waals surface area contributed by atoms with E-state index in [0.717, 1.165) is 49.2 Å². The molecule has 0 aromatic heterocycles. The topological polar surface area (TPSA) is 93.7 Å². The average molecular weight is 579 g/mol. The summed E-state index contributed by atoms with van der Waals surface area (Å²) in [6.45, 7) is 8.51. The molecular weight excluding hydrogens is 536 g/mol. The number of aryl methyl sites for hydroxylation is 1. The van der Waals surface area contributed by atoms with E-state index < -0.39 is 5.91 Å². The number of nitrogens with zero attached hydrogens (tertiary/aromatic N) is 1. The van der Waals surface area contributed by atoms with Crippen LogP contribution in [0.2, 0.25) is 0 Å². The van der Waals surface area contributed by atoms with Crippen LogP contribution < -0.4 is 16.0 Å². The number of hydrogen-bond donors (Lipinski definition) is 4. The average Bonchev–Trinajstić information content (AvgIpc) is 3.13. The predicted molar refractivity (Wildman–Crippen MR) is 174 cm³/mol. The normalized spacial score (nSPS) is 17.9. The summed E-state index contributed by atoms with van der Waals surface area (Å²) in [5, 5.41) is 18.4. The van der Waals surface area contributed by atoms with E-state index >= 15 is 0 Å². The summed E-state index contributed by atoms with van der Waals surface area (Å²) in [6, 6.07) is 14.3. The van der Waals surface area contributed by atoms with Gasteiger partial charge in [-0.2, -0.15) is 0 Å². The first-order valence-electron chi connectivity index (χ1n) is 14.9. The molecule has 7 nitrogen and oxygen atoms in total. The van der Waals surface area contributed by atoms with E-state index in [4.69, 9.17) is 0 Å². The maximum Gasteiger partial charge on any atom is 0.296 e. The third-order valence-corrected chi connectivity index (χ3v) is 7.57. The van der Waals surface area contributed by atoms with Gasteiger partial charge in [0.1, 0.15) is 0 Å². The van der Waals surface area contributed by atoms with Crippen LogP contribution >= 0.6 is 0 Å². The van der Waals surface area contributed by atoms with Gasteiger partial charge < -0.3 is 26.0 Å². The van der Waals surface area contributed by atoms with Crippen LogP contribution in [0, 0.1) is 11.8 Å². The van der Waals surface area contributed by atoms with E-state index in [0.29, 0.717) is 22.4 Å². The van der Waals surface area contributed by atoms with Crippen LogP contribution in [0.3, 0.4) is 0 Å². The van der Waals surface area contributed by atoms with Gasteiger partial charge in [-0.3, -0.25) is 9.59 Å². The molecule has 1 heterocycles. The van der Waals surface area contributed by atoms with Gasteiger partial charge in [0.15, 0.2) is 0 Å². The van der Waals surface area contributed by atoms with Crippen molar-refractivity contribution >= 4 is 23.2 Å². The molecule has 0 spiro atoms. The van der Waals surface area contributed by atoms with E-state index in [2.05, 4.69) is 69.6 Å². The summed E-state index contributed by atoms with van der Waals surface area (Å²) < 4.78 is 0. The molecule has 0 bridgehead atoms. The Hall–Kier alpha value is -4.38. The van der Waals surface area contributed by atoms with Crippen molar-refractivity contribution in [2.24, 2.45) is 0 Å². The van der Waals surface area contributed by atoms with E-state index in [1.54, 1.807) is 19.1 Å². The van der Waals surface area contributed by atoms with E-state index in [1.807, 2.05) is 33.2 Å². The largest absolute Gasteiger partial charge is 0.394 e. The molecular formula is C36H42N4O3. The minimum absolute atomic E-state index is 0.171. The Morgan fingerprint density at radius 2 is 1.86 bits per heavy atom. The lowest BCUT2D eigenvalue weighted by Gasteiger charge is -2.20. The molecule has 0 radical (unpaired) electrons. The Kier molecular flexibility index (Phi) is 10.8. The molecule has 1 aliphatic carbocycles. The van der Waals surface area contributed by atoms with E-state index in [1.165, 1.54) is 23.1 Å². The number of nitrogens with one attached hydrogen (secondary N) is 3. The van der Waals surface area contributed by atoms with E-state index in [-0.39, 0.29) is 18.6 Å². The summed E-state index contributed by atoms with van der Waals surface area (Å²) in [5.41, 5.74) is 8.58. The van der Waals surface area contributed by atoms with Crippen molar-refractivity contribution in [1.82, 2.24) is 15.5 Å². The number of amides is 2. The fraction of sp³-hybridized carbons (Fsp3) is 0.333. The Balaban J connectivity index is 1.75. The maximum atomic E-state index is 13.6. The van der Waals surface area contributed by atoms with Crippen LogP contribution in [0.4, 0.5) is 5.69 Å². The number of benzene rings is 2. The van der Waals surface area contributed by atoms with Crippen LogP contribution in [0.25, 0.3) is 5.70 Å². The number of aliphatic hydroxyl groups is 1. The first-order chi connectivity index (χ1) is 20.7. The standard InChI is InChI=1S/C36H42N4O3/c1-6-26(17-20-33(42)37-24(2)23-41)21-32-25(3)34(36(43)39-32)35(38-29-18-15-27(16-19-29)22-40(4)5)31-14-10-12-28-11-8-7-9-13-30(28)31/h6,10,12,14-16,18-19,21,24,38,41H,3,7-9,11,13,22-23H2,1-2,4-5H3,(H,37,42)(H,39,43)/b26-6-,32-21+,35-34-/t24-/m1/s1. The molecule has 1 fully saturated rings. The van der Waals surface area contributed by atoms with Crippen LogP contribution in [0.1, 0.15) is 55.4 Å². The van der Waals surface area contributed by atoms with Crippen molar-refractivity contribution in [2.45, 2.75) is 58.5 Å². The first-order valence-corrected chi connectivity index (χ1v) is 14.9. The quantitative estimate of drug-likeness (QED) is 0.204. The van der Waals surface area contributed by atoms with Crippen LogP contribution in [-0.2, 0) is 29.0 Å². The van der Waals surface area contributed by atoms with Gasteiger partial charge in [0.05, 0.1) is 23.9 Å². The van der Waals surface area contributed by atoms with Crippen molar-refractivity contribution in [3.8, 4) is 11.8 Å². The monoisotopic (exact) mass is 578 g/mol. The zero-order valence-corrected chi connectivity index (χ0v) is 25.6. The third-order valence-electron chi connectivity index (χ3n) is 7.57. The number of carbonyl (C=O) groups excluding carboxylic acids is 2. The Morgan fingerprint density at radius 3 is 2.56 bits per heavy atom. The molecule has 1 atom stereocenters. The van der Waals surface area contributed by atoms with Gasteiger partial charge in [-0.1, -0.05) is 55.3 Å². The minimum Gasteiger partial charge on any atom is -0.394 e. The maximum absolute atomic E-state index is 13.6. The van der Waals surface area contributed by atoms with Gasteiger partial charge in [-0.25, -0.2) is 0 Å². The molecule has 0 saturated carbocycles. The Bertz CT molecular complexity index is 1530. The smallest absolute Gasteiger partial charge is 0.296 e. The van der Waals surface area contributed by atoms with Crippen LogP contribution in [0.15, 0.2) is 83.6 Å². The van der Waals surface area contributed by atoms with Crippen molar-refractivity contribution in [3.05, 3.63) is 106 Å². The van der Waals surface area contributed by atoms with Gasteiger partial charge in [0, 0.05) is 40.6 Å². The van der Waals surface area contributed by atoms with Crippen LogP contribution in [-0.4, -0.2) is 48.6 Å². The molecule has 2 aromatic carbocycles. The highest BCUT2D eigenvalue weighted by molar-refractivity contribution is 6.12. The molecule has 224 valence electrons. The zero-order chi connectivity index (χ0) is 30.9. The fourth-order valence-corrected chi connectivity index (χ4v) is 5.36. The number of rotatable bonds is 8. The predicted octanol–water partition coefficient (Wildman–Crippen LogP) is 4.86. The van der Waals surface area contributed by atoms with Crippen molar-refractivity contribution in [2.75, 3.05) is 26.0 Å². The number of aliphatic hydroxyl groups excluding tert-OH is 1. The third kappa shape index (κ3) is 8.13. The van der Waals surface area contributed by atoms with Crippen molar-refractivity contribution in [1.29, 1.82) is 0 Å². The molecule has 2 aliphatic rings. The molecule has 43 heavy (non-hydrogen) atoms. The highest BCUT2D eigenvalue weighted by Crippen LogP contribution is 2.36. The second-order valence-electron chi connectivity index (χ2n) is 11.4. The molecule has 0 unspecified atom stereocenters. The summed E-state index contributed by atoms with van der Waals surface area (Å²) in [7, 11) is 4.09. The van der Waals surface area contributed by atoms with Gasteiger partial charge in [0.2, 0.25) is 0 Å². The number of fused-ring (bicyclic) bond motifs is 1. The van der Waals surface area contributed by atoms with Gasteiger partial charge in [-0.05, 0) is 88.5 Å². The number of carbonyl (C=O) groups is 2. The second-order valence-corrected chi connectivity index (χ2v) is 11.4.